The number of alkyl halides is 2. The van der Waals surface area contributed by atoms with Gasteiger partial charge >= 0.3 is 0 Å². The fourth-order valence-electron chi connectivity index (χ4n) is 1.61. The highest BCUT2D eigenvalue weighted by atomic mass is 19.3. The highest BCUT2D eigenvalue weighted by Crippen LogP contribution is 2.12. The molecule has 1 heterocycles. The zero-order valence-electron chi connectivity index (χ0n) is 9.78. The predicted octanol–water partition coefficient (Wildman–Crippen LogP) is 3.04. The first kappa shape index (κ1) is 13.4. The first-order valence-corrected chi connectivity index (χ1v) is 5.52. The maximum absolute atomic E-state index is 12.9. The molecule has 0 spiro atoms. The second-order valence-electron chi connectivity index (χ2n) is 3.97. The lowest BCUT2D eigenvalue weighted by atomic mass is 10.2. The Kier molecular flexibility index (Phi) is 4.03. The predicted molar refractivity (Wildman–Crippen MR) is 61.9 cm³/mol. The second kappa shape index (κ2) is 5.73. The molecule has 0 aliphatic heterocycles. The highest BCUT2D eigenvalue weighted by Gasteiger charge is 2.06. The van der Waals surface area contributed by atoms with Crippen molar-refractivity contribution in [1.82, 2.24) is 9.78 Å². The Morgan fingerprint density at radius 2 is 1.84 bits per heavy atom. The van der Waals surface area contributed by atoms with Crippen LogP contribution >= 0.6 is 0 Å². The normalized spacial score (nSPS) is 11.0. The molecule has 102 valence electrons. The van der Waals surface area contributed by atoms with Crippen LogP contribution in [0.25, 0.3) is 0 Å². The van der Waals surface area contributed by atoms with Crippen LogP contribution in [0, 0.1) is 11.6 Å². The Bertz CT molecular complexity index is 533. The van der Waals surface area contributed by atoms with Crippen molar-refractivity contribution in [3.05, 3.63) is 47.8 Å². The average molecular weight is 273 g/mol. The molecule has 1 N–H and O–H groups in total. The Balaban J connectivity index is 1.96. The van der Waals surface area contributed by atoms with E-state index in [0.29, 0.717) is 11.3 Å². The van der Waals surface area contributed by atoms with Crippen molar-refractivity contribution in [2.45, 2.75) is 19.5 Å². The summed E-state index contributed by atoms with van der Waals surface area (Å²) >= 11 is 0. The molecule has 2 aromatic rings. The van der Waals surface area contributed by atoms with Gasteiger partial charge in [-0.05, 0) is 17.7 Å². The Labute approximate surface area is 106 Å². The molecule has 0 unspecified atom stereocenters. The van der Waals surface area contributed by atoms with E-state index in [-0.39, 0.29) is 6.54 Å². The molecule has 0 bridgehead atoms. The van der Waals surface area contributed by atoms with Crippen LogP contribution in [0.3, 0.4) is 0 Å². The Hall–Kier alpha value is -2.05. The number of benzene rings is 1. The molecule has 1 aromatic carbocycles. The van der Waals surface area contributed by atoms with Gasteiger partial charge in [-0.3, -0.25) is 4.68 Å². The minimum Gasteiger partial charge on any atom is -0.378 e. The van der Waals surface area contributed by atoms with Crippen molar-refractivity contribution in [3.63, 3.8) is 0 Å². The number of aromatic nitrogens is 2. The summed E-state index contributed by atoms with van der Waals surface area (Å²) in [5, 5.41) is 6.58. The maximum atomic E-state index is 12.9. The number of nitrogens with zero attached hydrogens (tertiary/aromatic N) is 2. The third kappa shape index (κ3) is 3.97. The molecule has 2 rings (SSSR count). The van der Waals surface area contributed by atoms with Crippen molar-refractivity contribution in [2.24, 2.45) is 0 Å². The topological polar surface area (TPSA) is 29.9 Å². The molecule has 3 nitrogen and oxygen atoms in total. The monoisotopic (exact) mass is 273 g/mol. The van der Waals surface area contributed by atoms with Crippen LogP contribution in [0.5, 0.6) is 0 Å². The number of halogens is 4. The molecule has 0 amide bonds. The summed E-state index contributed by atoms with van der Waals surface area (Å²) in [6.45, 7) is -0.314. The van der Waals surface area contributed by atoms with Gasteiger partial charge < -0.3 is 5.32 Å². The third-order valence-corrected chi connectivity index (χ3v) is 2.38. The zero-order valence-corrected chi connectivity index (χ0v) is 9.78. The van der Waals surface area contributed by atoms with Gasteiger partial charge in [-0.15, -0.1) is 0 Å². The highest BCUT2D eigenvalue weighted by molar-refractivity contribution is 5.39. The van der Waals surface area contributed by atoms with E-state index >= 15 is 0 Å². The maximum Gasteiger partial charge on any atom is 0.257 e. The van der Waals surface area contributed by atoms with E-state index in [2.05, 4.69) is 10.4 Å². The molecule has 1 aromatic heterocycles. The van der Waals surface area contributed by atoms with E-state index in [9.17, 15) is 17.6 Å². The Morgan fingerprint density at radius 3 is 2.47 bits per heavy atom. The summed E-state index contributed by atoms with van der Waals surface area (Å²) in [5.41, 5.74) is 0.921. The lowest BCUT2D eigenvalue weighted by molar-refractivity contribution is 0.122. The van der Waals surface area contributed by atoms with Crippen molar-refractivity contribution in [3.8, 4) is 0 Å². The van der Waals surface area contributed by atoms with Crippen molar-refractivity contribution < 1.29 is 17.6 Å². The lowest BCUT2D eigenvalue weighted by Crippen LogP contribution is -2.06. The molecule has 0 aliphatic rings. The standard InChI is InChI=1S/C12H11F4N3/c13-9-1-8(2-10(14)3-9)4-17-11-5-18-19(6-11)7-12(15)16/h1-3,5-6,12,17H,4,7H2. The van der Waals surface area contributed by atoms with Crippen LogP contribution in [0.2, 0.25) is 0 Å². The minimum atomic E-state index is -2.48. The van der Waals surface area contributed by atoms with E-state index in [0.717, 1.165) is 10.7 Å². The van der Waals surface area contributed by atoms with Gasteiger partial charge in [0.15, 0.2) is 0 Å². The molecular formula is C12H11F4N3. The smallest absolute Gasteiger partial charge is 0.257 e. The summed E-state index contributed by atoms with van der Waals surface area (Å²) < 4.78 is 51.2. The van der Waals surface area contributed by atoms with E-state index in [4.69, 9.17) is 0 Å². The third-order valence-electron chi connectivity index (χ3n) is 2.38. The molecule has 0 aliphatic carbocycles. The fraction of sp³-hybridized carbons (Fsp3) is 0.250. The van der Waals surface area contributed by atoms with Gasteiger partial charge in [0.2, 0.25) is 0 Å². The number of hydrogen-bond donors (Lipinski definition) is 1. The van der Waals surface area contributed by atoms with Crippen molar-refractivity contribution in [2.75, 3.05) is 5.32 Å². The second-order valence-corrected chi connectivity index (χ2v) is 3.97. The number of nitrogens with one attached hydrogen (secondary N) is 1. The molecule has 0 saturated heterocycles. The van der Waals surface area contributed by atoms with Crippen LogP contribution in [0.15, 0.2) is 30.6 Å². The SMILES string of the molecule is Fc1cc(F)cc(CNc2cnn(CC(F)F)c2)c1. The van der Waals surface area contributed by atoms with Crippen LogP contribution in [0.1, 0.15) is 5.56 Å². The van der Waals surface area contributed by atoms with E-state index in [1.165, 1.54) is 24.5 Å². The van der Waals surface area contributed by atoms with Gasteiger partial charge in [0.05, 0.1) is 11.9 Å². The van der Waals surface area contributed by atoms with Crippen LogP contribution in [-0.4, -0.2) is 16.2 Å². The first-order chi connectivity index (χ1) is 9.02. The van der Waals surface area contributed by atoms with Crippen molar-refractivity contribution >= 4 is 5.69 Å². The van der Waals surface area contributed by atoms with Gasteiger partial charge in [0.1, 0.15) is 18.2 Å². The number of anilines is 1. The molecule has 19 heavy (non-hydrogen) atoms. The zero-order chi connectivity index (χ0) is 13.8. The molecular weight excluding hydrogens is 262 g/mol. The average Bonchev–Trinajstić information content (AvgIpc) is 2.72. The largest absolute Gasteiger partial charge is 0.378 e. The molecule has 7 heteroatoms. The van der Waals surface area contributed by atoms with Gasteiger partial charge in [0.25, 0.3) is 6.43 Å². The summed E-state index contributed by atoms with van der Waals surface area (Å²) in [4.78, 5) is 0. The molecule has 0 radical (unpaired) electrons. The Morgan fingerprint density at radius 1 is 1.16 bits per heavy atom. The molecule has 0 fully saturated rings. The van der Waals surface area contributed by atoms with Crippen LogP contribution < -0.4 is 5.32 Å². The number of hydrogen-bond acceptors (Lipinski definition) is 2. The van der Waals surface area contributed by atoms with Gasteiger partial charge in [-0.25, -0.2) is 17.6 Å². The summed E-state index contributed by atoms with van der Waals surface area (Å²) in [6.07, 6.45) is 0.296. The van der Waals surface area contributed by atoms with E-state index in [1.807, 2.05) is 0 Å². The molecule has 0 saturated carbocycles. The van der Waals surface area contributed by atoms with Crippen LogP contribution in [-0.2, 0) is 13.1 Å². The van der Waals surface area contributed by atoms with Crippen LogP contribution in [0.4, 0.5) is 23.2 Å². The van der Waals surface area contributed by atoms with Gasteiger partial charge in [-0.1, -0.05) is 0 Å². The minimum absolute atomic E-state index is 0.176. The fourth-order valence-corrected chi connectivity index (χ4v) is 1.61. The summed E-state index contributed by atoms with van der Waals surface area (Å²) in [5.74, 6) is -1.32. The van der Waals surface area contributed by atoms with E-state index in [1.54, 1.807) is 0 Å². The summed E-state index contributed by atoms with van der Waals surface area (Å²) in [6, 6.07) is 3.17. The number of rotatable bonds is 5. The quantitative estimate of drug-likeness (QED) is 0.849. The lowest BCUT2D eigenvalue weighted by Gasteiger charge is -2.04. The van der Waals surface area contributed by atoms with Gasteiger partial charge in [0, 0.05) is 18.8 Å². The van der Waals surface area contributed by atoms with E-state index < -0.39 is 24.6 Å². The summed E-state index contributed by atoms with van der Waals surface area (Å²) in [7, 11) is 0. The molecule has 0 atom stereocenters. The first-order valence-electron chi connectivity index (χ1n) is 5.52. The van der Waals surface area contributed by atoms with Gasteiger partial charge in [-0.2, -0.15) is 5.10 Å². The van der Waals surface area contributed by atoms with Crippen molar-refractivity contribution in [1.29, 1.82) is 0 Å².